The van der Waals surface area contributed by atoms with Crippen molar-refractivity contribution < 1.29 is 4.79 Å². The van der Waals surface area contributed by atoms with E-state index < -0.39 is 0 Å². The van der Waals surface area contributed by atoms with Gasteiger partial charge in [0.15, 0.2) is 0 Å². The molecule has 0 fully saturated rings. The minimum Gasteiger partial charge on any atom is -0.371 e. The number of amides is 1. The molecule has 0 unspecified atom stereocenters. The monoisotopic (exact) mass is 329 g/mol. The lowest BCUT2D eigenvalue weighted by Crippen LogP contribution is -2.19. The van der Waals surface area contributed by atoms with Crippen molar-refractivity contribution in [3.63, 3.8) is 0 Å². The molecular formula is C18H23N3OS. The number of hydrogen-bond donors (Lipinski definition) is 1. The number of thiazole rings is 1. The average molecular weight is 329 g/mol. The van der Waals surface area contributed by atoms with E-state index in [-0.39, 0.29) is 5.91 Å². The normalized spacial score (nSPS) is 13.3. The highest BCUT2D eigenvalue weighted by Gasteiger charge is 2.19. The topological polar surface area (TPSA) is 45.2 Å². The molecule has 1 N–H and O–H groups in total. The summed E-state index contributed by atoms with van der Waals surface area (Å²) in [6, 6.07) is 6.22. The summed E-state index contributed by atoms with van der Waals surface area (Å²) >= 11 is 1.51. The maximum atomic E-state index is 12.5. The average Bonchev–Trinajstić information content (AvgIpc) is 3.10. The van der Waals surface area contributed by atoms with Gasteiger partial charge < -0.3 is 10.2 Å². The van der Waals surface area contributed by atoms with E-state index in [4.69, 9.17) is 0 Å². The number of benzene rings is 1. The molecule has 1 amide bonds. The van der Waals surface area contributed by atoms with Crippen LogP contribution in [0.3, 0.4) is 0 Å². The molecule has 0 bridgehead atoms. The van der Waals surface area contributed by atoms with Crippen LogP contribution in [0.1, 0.15) is 46.2 Å². The zero-order valence-corrected chi connectivity index (χ0v) is 14.8. The van der Waals surface area contributed by atoms with Gasteiger partial charge in [-0.25, -0.2) is 4.98 Å². The molecule has 0 spiro atoms. The third kappa shape index (κ3) is 3.24. The predicted molar refractivity (Wildman–Crippen MR) is 96.8 cm³/mol. The first-order valence-corrected chi connectivity index (χ1v) is 9.09. The van der Waals surface area contributed by atoms with Crippen LogP contribution in [0.4, 0.5) is 11.4 Å². The van der Waals surface area contributed by atoms with Gasteiger partial charge in [-0.2, -0.15) is 0 Å². The lowest BCUT2D eigenvalue weighted by atomic mass is 10.1. The smallest absolute Gasteiger partial charge is 0.267 e. The summed E-state index contributed by atoms with van der Waals surface area (Å²) in [6.45, 7) is 8.26. The molecule has 1 aromatic heterocycles. The van der Waals surface area contributed by atoms with Gasteiger partial charge in [0, 0.05) is 24.5 Å². The summed E-state index contributed by atoms with van der Waals surface area (Å²) in [6.07, 6.45) is 3.07. The van der Waals surface area contributed by atoms with Gasteiger partial charge in [0.2, 0.25) is 0 Å². The Morgan fingerprint density at radius 1 is 1.39 bits per heavy atom. The number of nitrogens with one attached hydrogen (secondary N) is 1. The van der Waals surface area contributed by atoms with Gasteiger partial charge in [-0.05, 0) is 50.8 Å². The number of hydrogen-bond acceptors (Lipinski definition) is 4. The second-order valence-electron chi connectivity index (χ2n) is 5.90. The van der Waals surface area contributed by atoms with Gasteiger partial charge in [-0.3, -0.25) is 4.79 Å². The maximum Gasteiger partial charge on any atom is 0.267 e. The molecule has 2 heterocycles. The quantitative estimate of drug-likeness (QED) is 0.900. The van der Waals surface area contributed by atoms with Crippen LogP contribution in [0.25, 0.3) is 0 Å². The standard InChI is InChI=1S/C18H23N3OS/c1-4-6-16-19-12(3)17(23-16)18(22)20-14-8-7-13-9-10-21(5-2)15(13)11-14/h7-8,11H,4-6,9-10H2,1-3H3,(H,20,22). The molecule has 23 heavy (non-hydrogen) atoms. The Kier molecular flexibility index (Phi) is 4.66. The van der Waals surface area contributed by atoms with Gasteiger partial charge in [-0.15, -0.1) is 11.3 Å². The number of aromatic nitrogens is 1. The SMILES string of the molecule is CCCc1nc(C)c(C(=O)Nc2ccc3c(c2)N(CC)CC3)s1. The minimum atomic E-state index is -0.0525. The third-order valence-electron chi connectivity index (χ3n) is 4.23. The van der Waals surface area contributed by atoms with E-state index in [9.17, 15) is 4.79 Å². The molecule has 0 atom stereocenters. The summed E-state index contributed by atoms with van der Waals surface area (Å²) in [5.41, 5.74) is 4.30. The maximum absolute atomic E-state index is 12.5. The lowest BCUT2D eigenvalue weighted by molar-refractivity contribution is 0.103. The Morgan fingerprint density at radius 2 is 2.22 bits per heavy atom. The van der Waals surface area contributed by atoms with Gasteiger partial charge in [0.05, 0.1) is 10.7 Å². The first kappa shape index (κ1) is 16.0. The Balaban J connectivity index is 1.78. The summed E-state index contributed by atoms with van der Waals surface area (Å²) in [4.78, 5) is 20.1. The van der Waals surface area contributed by atoms with Crippen LogP contribution in [0, 0.1) is 6.92 Å². The molecule has 4 nitrogen and oxygen atoms in total. The van der Waals surface area contributed by atoms with E-state index in [1.54, 1.807) is 0 Å². The number of anilines is 2. The van der Waals surface area contributed by atoms with Crippen LogP contribution in [0.15, 0.2) is 18.2 Å². The first-order chi connectivity index (χ1) is 11.1. The molecule has 2 aromatic rings. The lowest BCUT2D eigenvalue weighted by Gasteiger charge is -2.17. The molecule has 1 aliphatic rings. The van der Waals surface area contributed by atoms with Crippen LogP contribution in [-0.2, 0) is 12.8 Å². The zero-order valence-electron chi connectivity index (χ0n) is 14.0. The van der Waals surface area contributed by atoms with Crippen molar-refractivity contribution in [2.45, 2.75) is 40.0 Å². The van der Waals surface area contributed by atoms with Crippen molar-refractivity contribution in [2.24, 2.45) is 0 Å². The molecule has 0 saturated carbocycles. The molecule has 0 aliphatic carbocycles. The highest BCUT2D eigenvalue weighted by Crippen LogP contribution is 2.31. The van der Waals surface area contributed by atoms with Crippen molar-refractivity contribution in [2.75, 3.05) is 23.3 Å². The Hall–Kier alpha value is -1.88. The van der Waals surface area contributed by atoms with Crippen LogP contribution >= 0.6 is 11.3 Å². The molecule has 0 radical (unpaired) electrons. The van der Waals surface area contributed by atoms with E-state index >= 15 is 0 Å². The Labute approximate surface area is 141 Å². The van der Waals surface area contributed by atoms with Crippen LogP contribution in [0.2, 0.25) is 0 Å². The van der Waals surface area contributed by atoms with E-state index in [0.717, 1.165) is 53.6 Å². The minimum absolute atomic E-state index is 0.0525. The Bertz CT molecular complexity index is 723. The van der Waals surface area contributed by atoms with E-state index in [0.29, 0.717) is 0 Å². The number of likely N-dealkylation sites (N-methyl/N-ethyl adjacent to an activating group) is 1. The fraction of sp³-hybridized carbons (Fsp3) is 0.444. The number of rotatable bonds is 5. The fourth-order valence-corrected chi connectivity index (χ4v) is 4.08. The molecular weight excluding hydrogens is 306 g/mol. The number of fused-ring (bicyclic) bond motifs is 1. The second-order valence-corrected chi connectivity index (χ2v) is 6.98. The summed E-state index contributed by atoms with van der Waals surface area (Å²) in [5.74, 6) is -0.0525. The molecule has 122 valence electrons. The van der Waals surface area contributed by atoms with Gasteiger partial charge in [-0.1, -0.05) is 13.0 Å². The number of nitrogens with zero attached hydrogens (tertiary/aromatic N) is 2. The van der Waals surface area contributed by atoms with Gasteiger partial charge in [0.25, 0.3) is 5.91 Å². The van der Waals surface area contributed by atoms with Crippen LogP contribution < -0.4 is 10.2 Å². The zero-order chi connectivity index (χ0) is 16.4. The summed E-state index contributed by atoms with van der Waals surface area (Å²) < 4.78 is 0. The fourth-order valence-electron chi connectivity index (χ4n) is 3.02. The van der Waals surface area contributed by atoms with Crippen molar-refractivity contribution in [3.05, 3.63) is 39.3 Å². The number of carbonyl (C=O) groups excluding carboxylic acids is 1. The summed E-state index contributed by atoms with van der Waals surface area (Å²) in [7, 11) is 0. The number of carbonyl (C=O) groups is 1. The molecule has 5 heteroatoms. The van der Waals surface area contributed by atoms with Crippen molar-refractivity contribution >= 4 is 28.6 Å². The van der Waals surface area contributed by atoms with Crippen LogP contribution in [-0.4, -0.2) is 24.0 Å². The highest BCUT2D eigenvalue weighted by atomic mass is 32.1. The molecule has 1 aliphatic heterocycles. The van der Waals surface area contributed by atoms with Gasteiger partial charge >= 0.3 is 0 Å². The predicted octanol–water partition coefficient (Wildman–Crippen LogP) is 4.04. The Morgan fingerprint density at radius 3 is 2.96 bits per heavy atom. The second kappa shape index (κ2) is 6.71. The first-order valence-electron chi connectivity index (χ1n) is 8.28. The third-order valence-corrected chi connectivity index (χ3v) is 5.44. The van der Waals surface area contributed by atoms with E-state index in [2.05, 4.69) is 41.2 Å². The number of aryl methyl sites for hydroxylation is 2. The van der Waals surface area contributed by atoms with Crippen molar-refractivity contribution in [1.29, 1.82) is 0 Å². The van der Waals surface area contributed by atoms with Crippen molar-refractivity contribution in [3.8, 4) is 0 Å². The molecule has 0 saturated heterocycles. The van der Waals surface area contributed by atoms with Crippen molar-refractivity contribution in [1.82, 2.24) is 4.98 Å². The van der Waals surface area contributed by atoms with Gasteiger partial charge in [0.1, 0.15) is 4.88 Å². The van der Waals surface area contributed by atoms with Crippen LogP contribution in [0.5, 0.6) is 0 Å². The van der Waals surface area contributed by atoms with E-state index in [1.165, 1.54) is 22.6 Å². The van der Waals surface area contributed by atoms with E-state index in [1.807, 2.05) is 13.0 Å². The molecule has 3 rings (SSSR count). The largest absolute Gasteiger partial charge is 0.371 e. The molecule has 1 aromatic carbocycles. The highest BCUT2D eigenvalue weighted by molar-refractivity contribution is 7.13. The summed E-state index contributed by atoms with van der Waals surface area (Å²) in [5, 5.41) is 4.08.